The van der Waals surface area contributed by atoms with Crippen LogP contribution in [-0.2, 0) is 5.41 Å². The Morgan fingerprint density at radius 1 is 1.19 bits per heavy atom. The lowest BCUT2D eigenvalue weighted by atomic mass is 9.87. The van der Waals surface area contributed by atoms with Gasteiger partial charge in [-0.2, -0.15) is 0 Å². The van der Waals surface area contributed by atoms with Crippen LogP contribution < -0.4 is 5.73 Å². The van der Waals surface area contributed by atoms with Gasteiger partial charge in [-0.1, -0.05) is 26.8 Å². The zero-order valence-corrected chi connectivity index (χ0v) is 13.9. The minimum atomic E-state index is 0.0984. The van der Waals surface area contributed by atoms with E-state index in [1.807, 2.05) is 6.07 Å². The molecule has 0 saturated heterocycles. The summed E-state index contributed by atoms with van der Waals surface area (Å²) in [5, 5.41) is 0.771. The summed E-state index contributed by atoms with van der Waals surface area (Å²) in [5.74, 6) is 0.621. The van der Waals surface area contributed by atoms with Crippen LogP contribution in [0, 0.1) is 13.8 Å². The number of hydrogen-bond donors (Lipinski definition) is 1. The first-order valence-corrected chi connectivity index (χ1v) is 7.86. The van der Waals surface area contributed by atoms with Crippen LogP contribution in [0.3, 0.4) is 0 Å². The number of thiophene rings is 1. The third kappa shape index (κ3) is 2.33. The van der Waals surface area contributed by atoms with Gasteiger partial charge in [-0.05, 0) is 42.5 Å². The Labute approximate surface area is 128 Å². The molecule has 0 spiro atoms. The minimum Gasteiger partial charge on any atom is -0.436 e. The predicted molar refractivity (Wildman–Crippen MR) is 89.9 cm³/mol. The van der Waals surface area contributed by atoms with E-state index in [0.29, 0.717) is 5.89 Å². The molecule has 0 unspecified atom stereocenters. The van der Waals surface area contributed by atoms with E-state index in [9.17, 15) is 0 Å². The van der Waals surface area contributed by atoms with Gasteiger partial charge in [-0.3, -0.25) is 0 Å². The first kappa shape index (κ1) is 14.1. The summed E-state index contributed by atoms with van der Waals surface area (Å²) in [6, 6.07) is 6.20. The van der Waals surface area contributed by atoms with Crippen LogP contribution in [0.2, 0.25) is 0 Å². The van der Waals surface area contributed by atoms with Crippen LogP contribution >= 0.6 is 11.3 Å². The Morgan fingerprint density at radius 2 is 1.90 bits per heavy atom. The smallest absolute Gasteiger partial charge is 0.230 e. The molecule has 110 valence electrons. The SMILES string of the molecule is Cc1sc(N)c(-c2nc3cc(C(C)(C)C)ccc3o2)c1C. The molecule has 0 atom stereocenters. The number of nitrogens with zero attached hydrogens (tertiary/aromatic N) is 1. The van der Waals surface area contributed by atoms with Gasteiger partial charge in [-0.25, -0.2) is 4.98 Å². The summed E-state index contributed by atoms with van der Waals surface area (Å²) < 4.78 is 5.91. The Kier molecular flexibility index (Phi) is 3.10. The normalized spacial score (nSPS) is 12.2. The van der Waals surface area contributed by atoms with Crippen molar-refractivity contribution in [3.8, 4) is 11.5 Å². The zero-order chi connectivity index (χ0) is 15.4. The lowest BCUT2D eigenvalue weighted by Crippen LogP contribution is -2.10. The fourth-order valence-corrected chi connectivity index (χ4v) is 3.35. The molecule has 0 aliphatic heterocycles. The monoisotopic (exact) mass is 300 g/mol. The van der Waals surface area contributed by atoms with Crippen molar-refractivity contribution in [3.63, 3.8) is 0 Å². The van der Waals surface area contributed by atoms with E-state index in [0.717, 1.165) is 27.2 Å². The minimum absolute atomic E-state index is 0.0984. The average Bonchev–Trinajstić information content (AvgIpc) is 2.89. The second-order valence-corrected chi connectivity index (χ2v) is 7.73. The lowest BCUT2D eigenvalue weighted by molar-refractivity contribution is 0.590. The molecule has 3 rings (SSSR count). The van der Waals surface area contributed by atoms with Gasteiger partial charge in [0.25, 0.3) is 0 Å². The van der Waals surface area contributed by atoms with Gasteiger partial charge in [0.2, 0.25) is 5.89 Å². The van der Waals surface area contributed by atoms with Crippen LogP contribution in [0.15, 0.2) is 22.6 Å². The fourth-order valence-electron chi connectivity index (χ4n) is 2.42. The molecule has 0 amide bonds. The summed E-state index contributed by atoms with van der Waals surface area (Å²) in [5.41, 5.74) is 11.2. The maximum Gasteiger partial charge on any atom is 0.230 e. The Bertz CT molecular complexity index is 821. The maximum atomic E-state index is 6.11. The van der Waals surface area contributed by atoms with Crippen LogP contribution in [0.25, 0.3) is 22.6 Å². The first-order valence-electron chi connectivity index (χ1n) is 7.04. The van der Waals surface area contributed by atoms with Gasteiger partial charge < -0.3 is 10.2 Å². The van der Waals surface area contributed by atoms with Crippen molar-refractivity contribution in [1.29, 1.82) is 0 Å². The van der Waals surface area contributed by atoms with Crippen molar-refractivity contribution in [1.82, 2.24) is 4.98 Å². The number of fused-ring (bicyclic) bond motifs is 1. The molecule has 2 aromatic heterocycles. The highest BCUT2D eigenvalue weighted by Gasteiger charge is 2.19. The highest BCUT2D eigenvalue weighted by Crippen LogP contribution is 2.39. The summed E-state index contributed by atoms with van der Waals surface area (Å²) in [6.45, 7) is 10.7. The first-order chi connectivity index (χ1) is 9.77. The van der Waals surface area contributed by atoms with Crippen molar-refractivity contribution in [2.75, 3.05) is 5.73 Å². The zero-order valence-electron chi connectivity index (χ0n) is 13.1. The second kappa shape index (κ2) is 4.60. The van der Waals surface area contributed by atoms with Gasteiger partial charge >= 0.3 is 0 Å². The van der Waals surface area contributed by atoms with Crippen LogP contribution in [0.4, 0.5) is 5.00 Å². The van der Waals surface area contributed by atoms with Crippen LogP contribution in [0.1, 0.15) is 36.8 Å². The van der Waals surface area contributed by atoms with E-state index >= 15 is 0 Å². The number of nitrogen functional groups attached to an aromatic ring is 1. The lowest BCUT2D eigenvalue weighted by Gasteiger charge is -2.18. The molecule has 0 radical (unpaired) electrons. The predicted octanol–water partition coefficient (Wildman–Crippen LogP) is 5.05. The number of aromatic nitrogens is 1. The Balaban J connectivity index is 2.18. The summed E-state index contributed by atoms with van der Waals surface area (Å²) >= 11 is 1.59. The number of aryl methyl sites for hydroxylation is 1. The number of anilines is 1. The molecule has 2 N–H and O–H groups in total. The van der Waals surface area contributed by atoms with Gasteiger partial charge in [-0.15, -0.1) is 11.3 Å². The van der Waals surface area contributed by atoms with Gasteiger partial charge in [0, 0.05) is 4.88 Å². The third-order valence-corrected chi connectivity index (χ3v) is 4.92. The number of benzene rings is 1. The van der Waals surface area contributed by atoms with Crippen LogP contribution in [-0.4, -0.2) is 4.98 Å². The highest BCUT2D eigenvalue weighted by atomic mass is 32.1. The van der Waals surface area contributed by atoms with E-state index in [1.54, 1.807) is 11.3 Å². The van der Waals surface area contributed by atoms with Crippen molar-refractivity contribution >= 4 is 27.4 Å². The maximum absolute atomic E-state index is 6.11. The Hall–Kier alpha value is -1.81. The van der Waals surface area contributed by atoms with Gasteiger partial charge in [0.05, 0.1) is 10.6 Å². The van der Waals surface area contributed by atoms with Crippen molar-refractivity contribution < 1.29 is 4.42 Å². The fraction of sp³-hybridized carbons (Fsp3) is 0.353. The van der Waals surface area contributed by atoms with Crippen LogP contribution in [0.5, 0.6) is 0 Å². The van der Waals surface area contributed by atoms with Crippen molar-refractivity contribution in [2.45, 2.75) is 40.0 Å². The molecule has 1 aromatic carbocycles. The molecule has 4 heteroatoms. The molecule has 0 aliphatic rings. The molecule has 0 bridgehead atoms. The molecule has 21 heavy (non-hydrogen) atoms. The molecular formula is C17H20N2OS. The quantitative estimate of drug-likeness (QED) is 0.684. The number of hydrogen-bond acceptors (Lipinski definition) is 4. The highest BCUT2D eigenvalue weighted by molar-refractivity contribution is 7.16. The van der Waals surface area contributed by atoms with E-state index in [4.69, 9.17) is 10.2 Å². The second-order valence-electron chi connectivity index (χ2n) is 6.47. The summed E-state index contributed by atoms with van der Waals surface area (Å²) in [6.07, 6.45) is 0. The average molecular weight is 300 g/mol. The Morgan fingerprint density at radius 3 is 2.48 bits per heavy atom. The third-order valence-electron chi connectivity index (χ3n) is 3.88. The molecule has 3 aromatic rings. The van der Waals surface area contributed by atoms with E-state index in [-0.39, 0.29) is 5.41 Å². The number of nitrogens with two attached hydrogens (primary N) is 1. The van der Waals surface area contributed by atoms with E-state index < -0.39 is 0 Å². The van der Waals surface area contributed by atoms with Crippen molar-refractivity contribution in [3.05, 3.63) is 34.2 Å². The van der Waals surface area contributed by atoms with Gasteiger partial charge in [0.1, 0.15) is 5.52 Å². The molecule has 0 fully saturated rings. The van der Waals surface area contributed by atoms with E-state index in [2.05, 4.69) is 51.7 Å². The molecule has 0 aliphatic carbocycles. The number of oxazole rings is 1. The van der Waals surface area contributed by atoms with Gasteiger partial charge in [0.15, 0.2) is 5.58 Å². The standard InChI is InChI=1S/C17H20N2OS/c1-9-10(2)21-15(18)14(9)16-19-12-8-11(17(3,4)5)6-7-13(12)20-16/h6-8H,18H2,1-5H3. The molecular weight excluding hydrogens is 280 g/mol. The summed E-state index contributed by atoms with van der Waals surface area (Å²) in [4.78, 5) is 5.86. The van der Waals surface area contributed by atoms with Crippen molar-refractivity contribution in [2.24, 2.45) is 0 Å². The summed E-state index contributed by atoms with van der Waals surface area (Å²) in [7, 11) is 0. The topological polar surface area (TPSA) is 52.0 Å². The largest absolute Gasteiger partial charge is 0.436 e. The molecule has 3 nitrogen and oxygen atoms in total. The number of rotatable bonds is 1. The molecule has 0 saturated carbocycles. The van der Waals surface area contributed by atoms with E-state index in [1.165, 1.54) is 10.4 Å². The molecule has 2 heterocycles.